The number of carbonyl (C=O) groups is 1. The Morgan fingerprint density at radius 3 is 2.72 bits per heavy atom. The van der Waals surface area contributed by atoms with Crippen molar-refractivity contribution in [1.82, 2.24) is 4.90 Å². The highest BCUT2D eigenvalue weighted by molar-refractivity contribution is 5.71. The molecule has 0 aromatic rings. The molecular formula is C14H23NO3. The fourth-order valence-electron chi connectivity index (χ4n) is 3.86. The lowest BCUT2D eigenvalue weighted by Gasteiger charge is -2.49. The molecule has 2 saturated heterocycles. The lowest BCUT2D eigenvalue weighted by molar-refractivity contribution is -0.148. The van der Waals surface area contributed by atoms with Crippen molar-refractivity contribution in [2.75, 3.05) is 19.7 Å². The normalized spacial score (nSPS) is 39.7. The Bertz CT molecular complexity index is 340. The van der Waals surface area contributed by atoms with Gasteiger partial charge in [0.15, 0.2) is 0 Å². The minimum atomic E-state index is -0.629. The highest BCUT2D eigenvalue weighted by Crippen LogP contribution is 2.44. The summed E-state index contributed by atoms with van der Waals surface area (Å²) in [4.78, 5) is 13.6. The maximum Gasteiger partial charge on any atom is 0.308 e. The van der Waals surface area contributed by atoms with Crippen molar-refractivity contribution >= 4 is 5.97 Å². The third kappa shape index (κ3) is 2.05. The molecule has 0 bridgehead atoms. The Morgan fingerprint density at radius 1 is 1.39 bits per heavy atom. The van der Waals surface area contributed by atoms with Crippen molar-refractivity contribution in [1.29, 1.82) is 0 Å². The first-order valence-corrected chi connectivity index (χ1v) is 7.20. The molecule has 2 aliphatic heterocycles. The number of hydrogen-bond acceptors (Lipinski definition) is 3. The zero-order valence-electron chi connectivity index (χ0n) is 11.1. The van der Waals surface area contributed by atoms with Gasteiger partial charge in [-0.1, -0.05) is 6.92 Å². The number of likely N-dealkylation sites (tertiary alicyclic amines) is 1. The van der Waals surface area contributed by atoms with E-state index in [1.165, 1.54) is 19.3 Å². The van der Waals surface area contributed by atoms with E-state index in [0.29, 0.717) is 6.04 Å². The molecule has 0 amide bonds. The van der Waals surface area contributed by atoms with Gasteiger partial charge in [-0.15, -0.1) is 0 Å². The van der Waals surface area contributed by atoms with Crippen molar-refractivity contribution in [3.8, 4) is 0 Å². The summed E-state index contributed by atoms with van der Waals surface area (Å²) in [6, 6.07) is 0.547. The van der Waals surface area contributed by atoms with Gasteiger partial charge in [0.2, 0.25) is 0 Å². The van der Waals surface area contributed by atoms with Crippen molar-refractivity contribution in [2.45, 2.75) is 50.7 Å². The molecule has 1 aliphatic carbocycles. The number of ether oxygens (including phenoxy) is 1. The van der Waals surface area contributed by atoms with Gasteiger partial charge in [0.05, 0.1) is 11.5 Å². The highest BCUT2D eigenvalue weighted by atomic mass is 16.5. The minimum Gasteiger partial charge on any atom is -0.481 e. The highest BCUT2D eigenvalue weighted by Gasteiger charge is 2.46. The average molecular weight is 253 g/mol. The van der Waals surface area contributed by atoms with Crippen LogP contribution in [0.1, 0.15) is 39.0 Å². The topological polar surface area (TPSA) is 49.8 Å². The van der Waals surface area contributed by atoms with E-state index >= 15 is 0 Å². The summed E-state index contributed by atoms with van der Waals surface area (Å²) in [6.07, 6.45) is 5.89. The minimum absolute atomic E-state index is 0.160. The molecule has 0 radical (unpaired) electrons. The summed E-state index contributed by atoms with van der Waals surface area (Å²) in [7, 11) is 0. The van der Waals surface area contributed by atoms with E-state index in [1.807, 2.05) is 0 Å². The summed E-state index contributed by atoms with van der Waals surface area (Å²) in [5, 5.41) is 9.21. The van der Waals surface area contributed by atoms with E-state index in [9.17, 15) is 9.90 Å². The van der Waals surface area contributed by atoms with Gasteiger partial charge in [0, 0.05) is 25.7 Å². The Balaban J connectivity index is 1.63. The molecule has 1 saturated carbocycles. The number of hydrogen-bond donors (Lipinski definition) is 1. The Kier molecular flexibility index (Phi) is 3.10. The van der Waals surface area contributed by atoms with E-state index < -0.39 is 5.97 Å². The van der Waals surface area contributed by atoms with Crippen LogP contribution in [-0.4, -0.2) is 47.3 Å². The molecule has 3 fully saturated rings. The smallest absolute Gasteiger partial charge is 0.308 e. The lowest BCUT2D eigenvalue weighted by atomic mass is 9.73. The summed E-state index contributed by atoms with van der Waals surface area (Å²) in [5.41, 5.74) is 0.160. The van der Waals surface area contributed by atoms with Crippen LogP contribution in [0.25, 0.3) is 0 Å². The SMILES string of the molecule is C[C@@H]1CN(C2CCOC3(CCC3)C2)C[C@H]1C(=O)O. The van der Waals surface area contributed by atoms with Crippen LogP contribution >= 0.6 is 0 Å². The summed E-state index contributed by atoms with van der Waals surface area (Å²) in [5.74, 6) is -0.525. The van der Waals surface area contributed by atoms with Gasteiger partial charge in [0.25, 0.3) is 0 Å². The second kappa shape index (κ2) is 4.49. The quantitative estimate of drug-likeness (QED) is 0.814. The molecule has 4 heteroatoms. The number of nitrogens with zero attached hydrogens (tertiary/aromatic N) is 1. The first-order valence-electron chi connectivity index (χ1n) is 7.20. The van der Waals surface area contributed by atoms with E-state index in [2.05, 4.69) is 11.8 Å². The van der Waals surface area contributed by atoms with E-state index in [4.69, 9.17) is 4.74 Å². The third-order valence-electron chi connectivity index (χ3n) is 5.21. The van der Waals surface area contributed by atoms with Crippen molar-refractivity contribution < 1.29 is 14.6 Å². The van der Waals surface area contributed by atoms with Gasteiger partial charge in [-0.2, -0.15) is 0 Å². The summed E-state index contributed by atoms with van der Waals surface area (Å²) in [6.45, 7) is 4.60. The average Bonchev–Trinajstić information content (AvgIpc) is 2.70. The molecule has 0 aromatic carbocycles. The standard InChI is InChI=1S/C14H23NO3/c1-10-8-15(9-12(10)13(16)17)11-3-6-18-14(7-11)4-2-5-14/h10-12H,2-9H2,1H3,(H,16,17)/t10-,11?,12-/m1/s1. The zero-order valence-corrected chi connectivity index (χ0v) is 11.1. The fraction of sp³-hybridized carbons (Fsp3) is 0.929. The zero-order chi connectivity index (χ0) is 12.8. The first-order chi connectivity index (χ1) is 8.60. The van der Waals surface area contributed by atoms with Gasteiger partial charge >= 0.3 is 5.97 Å². The predicted octanol–water partition coefficient (Wildman–Crippen LogP) is 1.74. The second-order valence-electron chi connectivity index (χ2n) is 6.41. The van der Waals surface area contributed by atoms with Crippen molar-refractivity contribution in [3.05, 3.63) is 0 Å². The molecule has 0 aromatic heterocycles. The fourth-order valence-corrected chi connectivity index (χ4v) is 3.86. The Morgan fingerprint density at radius 2 is 2.17 bits per heavy atom. The largest absolute Gasteiger partial charge is 0.481 e. The molecule has 3 aliphatic rings. The van der Waals surface area contributed by atoms with Gasteiger partial charge in [-0.25, -0.2) is 0 Å². The molecule has 4 nitrogen and oxygen atoms in total. The van der Waals surface area contributed by atoms with Gasteiger partial charge in [-0.05, 0) is 38.0 Å². The van der Waals surface area contributed by atoms with Gasteiger partial charge in [-0.3, -0.25) is 9.69 Å². The summed E-state index contributed by atoms with van der Waals surface area (Å²) < 4.78 is 5.95. The van der Waals surface area contributed by atoms with Gasteiger partial charge < -0.3 is 9.84 Å². The van der Waals surface area contributed by atoms with Crippen LogP contribution in [-0.2, 0) is 9.53 Å². The molecule has 2 heterocycles. The van der Waals surface area contributed by atoms with Gasteiger partial charge in [0.1, 0.15) is 0 Å². The van der Waals surface area contributed by atoms with E-state index in [0.717, 1.165) is 32.5 Å². The van der Waals surface area contributed by atoms with Crippen LogP contribution in [0.3, 0.4) is 0 Å². The van der Waals surface area contributed by atoms with Crippen LogP contribution in [0.5, 0.6) is 0 Å². The Labute approximate surface area is 108 Å². The molecule has 1 spiro atoms. The number of carboxylic acids is 1. The monoisotopic (exact) mass is 253 g/mol. The molecule has 102 valence electrons. The molecular weight excluding hydrogens is 230 g/mol. The van der Waals surface area contributed by atoms with Crippen LogP contribution in [0, 0.1) is 11.8 Å². The second-order valence-corrected chi connectivity index (χ2v) is 6.41. The number of aliphatic carboxylic acids is 1. The molecule has 1 unspecified atom stereocenters. The van der Waals surface area contributed by atoms with Crippen molar-refractivity contribution in [3.63, 3.8) is 0 Å². The third-order valence-corrected chi connectivity index (χ3v) is 5.21. The lowest BCUT2D eigenvalue weighted by Crippen LogP contribution is -2.51. The van der Waals surface area contributed by atoms with Crippen molar-refractivity contribution in [2.24, 2.45) is 11.8 Å². The molecule has 1 N–H and O–H groups in total. The Hall–Kier alpha value is -0.610. The van der Waals surface area contributed by atoms with E-state index in [1.54, 1.807) is 0 Å². The maximum atomic E-state index is 11.2. The van der Waals surface area contributed by atoms with Crippen LogP contribution in [0.15, 0.2) is 0 Å². The van der Waals surface area contributed by atoms with Crippen LogP contribution in [0.2, 0.25) is 0 Å². The van der Waals surface area contributed by atoms with Crippen LogP contribution < -0.4 is 0 Å². The van der Waals surface area contributed by atoms with E-state index in [-0.39, 0.29) is 17.4 Å². The maximum absolute atomic E-state index is 11.2. The van der Waals surface area contributed by atoms with Crippen LogP contribution in [0.4, 0.5) is 0 Å². The molecule has 3 atom stereocenters. The molecule has 18 heavy (non-hydrogen) atoms. The number of rotatable bonds is 2. The first kappa shape index (κ1) is 12.4. The number of carboxylic acid groups (broad SMARTS) is 1. The predicted molar refractivity (Wildman–Crippen MR) is 67.4 cm³/mol. The molecule has 3 rings (SSSR count). The summed E-state index contributed by atoms with van der Waals surface area (Å²) >= 11 is 0.